The fraction of sp³-hybridized carbons (Fsp3) is 0.263. The highest BCUT2D eigenvalue weighted by Gasteiger charge is 2.53. The molecule has 0 unspecified atom stereocenters. The third-order valence-corrected chi connectivity index (χ3v) is 4.17. The number of amides is 1. The van der Waals surface area contributed by atoms with E-state index in [1.54, 1.807) is 49.4 Å². The van der Waals surface area contributed by atoms with Gasteiger partial charge < -0.3 is 9.84 Å². The van der Waals surface area contributed by atoms with Crippen LogP contribution in [-0.2, 0) is 10.5 Å². The van der Waals surface area contributed by atoms with Gasteiger partial charge in [-0.05, 0) is 19.1 Å². The zero-order chi connectivity index (χ0) is 19.7. The Morgan fingerprint density at radius 1 is 1.19 bits per heavy atom. The number of aryl methyl sites for hydroxylation is 1. The van der Waals surface area contributed by atoms with Crippen molar-refractivity contribution in [1.82, 2.24) is 5.01 Å². The van der Waals surface area contributed by atoms with E-state index in [0.717, 1.165) is 5.56 Å². The minimum Gasteiger partial charge on any atom is -0.484 e. The minimum atomic E-state index is -4.76. The summed E-state index contributed by atoms with van der Waals surface area (Å²) in [5.41, 5.74) is -2.44. The van der Waals surface area contributed by atoms with Crippen molar-refractivity contribution in [3.63, 3.8) is 0 Å². The third kappa shape index (κ3) is 3.95. The van der Waals surface area contributed by atoms with Gasteiger partial charge in [-0.3, -0.25) is 4.79 Å². The third-order valence-electron chi connectivity index (χ3n) is 4.17. The summed E-state index contributed by atoms with van der Waals surface area (Å²) in [4.78, 5) is 12.5. The highest BCUT2D eigenvalue weighted by molar-refractivity contribution is 5.94. The van der Waals surface area contributed by atoms with E-state index in [0.29, 0.717) is 10.8 Å². The summed E-state index contributed by atoms with van der Waals surface area (Å²) in [6.07, 6.45) is -5.61. The topological polar surface area (TPSA) is 62.1 Å². The molecule has 1 atom stereocenters. The lowest BCUT2D eigenvalue weighted by Crippen LogP contribution is -2.45. The van der Waals surface area contributed by atoms with Crippen LogP contribution < -0.4 is 4.74 Å². The number of hydrogen-bond donors (Lipinski definition) is 1. The summed E-state index contributed by atoms with van der Waals surface area (Å²) >= 11 is 0. The molecular formula is C19H17F3N2O3. The Morgan fingerprint density at radius 2 is 1.81 bits per heavy atom. The molecule has 0 aliphatic carbocycles. The number of carbonyl (C=O) groups is 1. The molecule has 1 aliphatic rings. The number of alkyl halides is 3. The zero-order valence-electron chi connectivity index (χ0n) is 14.4. The molecule has 1 aliphatic heterocycles. The van der Waals surface area contributed by atoms with Crippen molar-refractivity contribution >= 4 is 11.6 Å². The maximum absolute atomic E-state index is 13.2. The van der Waals surface area contributed by atoms with Crippen molar-refractivity contribution in [1.29, 1.82) is 0 Å². The maximum atomic E-state index is 13.2. The quantitative estimate of drug-likeness (QED) is 0.887. The highest BCUT2D eigenvalue weighted by atomic mass is 19.4. The van der Waals surface area contributed by atoms with E-state index in [1.165, 1.54) is 12.1 Å². The fourth-order valence-electron chi connectivity index (χ4n) is 2.73. The molecule has 2 aromatic rings. The number of carbonyl (C=O) groups excluding carboxylic acids is 1. The Hall–Kier alpha value is -2.87. The Bertz CT molecular complexity index is 851. The first kappa shape index (κ1) is 18.9. The summed E-state index contributed by atoms with van der Waals surface area (Å²) in [5.74, 6) is -0.509. The molecule has 1 heterocycles. The predicted molar refractivity (Wildman–Crippen MR) is 92.0 cm³/mol. The largest absolute Gasteiger partial charge is 0.484 e. The van der Waals surface area contributed by atoms with E-state index in [4.69, 9.17) is 4.74 Å². The molecule has 0 radical (unpaired) electrons. The fourth-order valence-corrected chi connectivity index (χ4v) is 2.73. The van der Waals surface area contributed by atoms with Gasteiger partial charge in [-0.25, -0.2) is 0 Å². The lowest BCUT2D eigenvalue weighted by molar-refractivity contribution is -0.160. The molecule has 1 amide bonds. The number of para-hydroxylation sites is 1. The molecule has 5 nitrogen and oxygen atoms in total. The van der Waals surface area contributed by atoms with Crippen LogP contribution in [0.1, 0.15) is 17.5 Å². The molecule has 0 fully saturated rings. The second-order valence-corrected chi connectivity index (χ2v) is 6.21. The van der Waals surface area contributed by atoms with Crippen LogP contribution >= 0.6 is 0 Å². The molecular weight excluding hydrogens is 361 g/mol. The van der Waals surface area contributed by atoms with Gasteiger partial charge in [-0.1, -0.05) is 48.0 Å². The van der Waals surface area contributed by atoms with Crippen LogP contribution in [0.3, 0.4) is 0 Å². The Labute approximate surface area is 153 Å². The smallest absolute Gasteiger partial charge is 0.431 e. The monoisotopic (exact) mass is 378 g/mol. The van der Waals surface area contributed by atoms with E-state index in [2.05, 4.69) is 5.10 Å². The van der Waals surface area contributed by atoms with Gasteiger partial charge in [0.2, 0.25) is 0 Å². The van der Waals surface area contributed by atoms with Crippen LogP contribution in [0.25, 0.3) is 0 Å². The molecule has 2 aromatic carbocycles. The lowest BCUT2D eigenvalue weighted by Gasteiger charge is -2.31. The number of benzene rings is 2. The van der Waals surface area contributed by atoms with Crippen molar-refractivity contribution in [3.8, 4) is 5.75 Å². The van der Waals surface area contributed by atoms with E-state index in [9.17, 15) is 23.1 Å². The molecule has 1 N–H and O–H groups in total. The molecule has 0 spiro atoms. The van der Waals surface area contributed by atoms with Crippen molar-refractivity contribution in [2.45, 2.75) is 25.2 Å². The van der Waals surface area contributed by atoms with Crippen molar-refractivity contribution in [2.75, 3.05) is 6.61 Å². The Balaban J connectivity index is 1.88. The van der Waals surface area contributed by atoms with Gasteiger partial charge in [0.1, 0.15) is 11.5 Å². The number of hydrazone groups is 1. The average Bonchev–Trinajstić information content (AvgIpc) is 3.00. The van der Waals surface area contributed by atoms with Gasteiger partial charge in [0.05, 0.1) is 6.42 Å². The van der Waals surface area contributed by atoms with Gasteiger partial charge in [-0.15, -0.1) is 0 Å². The SMILES string of the molecule is Cc1ccc([C@]2(O)CC(C(F)(F)F)=NN2C(=O)COc2ccccc2)cc1. The molecule has 0 saturated carbocycles. The predicted octanol–water partition coefficient (Wildman–Crippen LogP) is 3.37. The maximum Gasteiger partial charge on any atom is 0.431 e. The number of halogens is 3. The number of nitrogens with zero attached hydrogens (tertiary/aromatic N) is 2. The van der Waals surface area contributed by atoms with Crippen LogP contribution in [0.4, 0.5) is 13.2 Å². The van der Waals surface area contributed by atoms with Gasteiger partial charge in [0, 0.05) is 5.56 Å². The van der Waals surface area contributed by atoms with E-state index in [-0.39, 0.29) is 5.56 Å². The standard InChI is InChI=1S/C19H17F3N2O3/c1-13-7-9-14(10-8-13)18(26)11-16(19(20,21)22)23-24(18)17(25)12-27-15-5-3-2-4-6-15/h2-10,26H,11-12H2,1H3/t18-/m1/s1. The average molecular weight is 378 g/mol. The number of hydrogen-bond acceptors (Lipinski definition) is 4. The second kappa shape index (κ2) is 7.03. The normalized spacial score (nSPS) is 19.7. The summed E-state index contributed by atoms with van der Waals surface area (Å²) < 4.78 is 44.8. The molecule has 0 bridgehead atoms. The van der Waals surface area contributed by atoms with Crippen molar-refractivity contribution < 1.29 is 27.8 Å². The number of rotatable bonds is 4. The van der Waals surface area contributed by atoms with Crippen molar-refractivity contribution in [2.24, 2.45) is 5.10 Å². The Morgan fingerprint density at radius 3 is 2.41 bits per heavy atom. The molecule has 8 heteroatoms. The molecule has 0 saturated heterocycles. The zero-order valence-corrected chi connectivity index (χ0v) is 14.4. The van der Waals surface area contributed by atoms with Crippen LogP contribution in [0.15, 0.2) is 59.7 Å². The first-order valence-corrected chi connectivity index (χ1v) is 8.15. The molecule has 142 valence electrons. The minimum absolute atomic E-state index is 0.143. The van der Waals surface area contributed by atoms with Crippen LogP contribution in [0.5, 0.6) is 5.75 Å². The Kier molecular flexibility index (Phi) is 4.93. The molecule has 27 heavy (non-hydrogen) atoms. The van der Waals surface area contributed by atoms with E-state index >= 15 is 0 Å². The summed E-state index contributed by atoms with van der Waals surface area (Å²) in [7, 11) is 0. The number of ether oxygens (including phenoxy) is 1. The number of aliphatic hydroxyl groups is 1. The van der Waals surface area contributed by atoms with Gasteiger partial charge in [0.15, 0.2) is 12.3 Å². The molecule has 0 aromatic heterocycles. The van der Waals surface area contributed by atoms with Crippen LogP contribution in [0.2, 0.25) is 0 Å². The first-order chi connectivity index (χ1) is 12.7. The first-order valence-electron chi connectivity index (χ1n) is 8.15. The van der Waals surface area contributed by atoms with Crippen LogP contribution in [-0.4, -0.2) is 34.5 Å². The lowest BCUT2D eigenvalue weighted by atomic mass is 9.96. The highest BCUT2D eigenvalue weighted by Crippen LogP contribution is 2.39. The summed E-state index contributed by atoms with van der Waals surface area (Å²) in [6, 6.07) is 14.6. The van der Waals surface area contributed by atoms with Gasteiger partial charge in [-0.2, -0.15) is 23.3 Å². The van der Waals surface area contributed by atoms with Gasteiger partial charge >= 0.3 is 6.18 Å². The summed E-state index contributed by atoms with van der Waals surface area (Å²) in [5, 5.41) is 14.8. The van der Waals surface area contributed by atoms with Crippen LogP contribution in [0, 0.1) is 6.92 Å². The molecule has 3 rings (SSSR count). The van der Waals surface area contributed by atoms with E-state index in [1.807, 2.05) is 0 Å². The summed E-state index contributed by atoms with van der Waals surface area (Å²) in [6.45, 7) is 1.24. The second-order valence-electron chi connectivity index (χ2n) is 6.21. The van der Waals surface area contributed by atoms with Crippen molar-refractivity contribution in [3.05, 3.63) is 65.7 Å². The van der Waals surface area contributed by atoms with Gasteiger partial charge in [0.25, 0.3) is 5.91 Å². The van der Waals surface area contributed by atoms with E-state index < -0.39 is 36.5 Å².